The minimum atomic E-state index is -0.113. The van der Waals surface area contributed by atoms with Gasteiger partial charge < -0.3 is 9.84 Å². The van der Waals surface area contributed by atoms with Crippen molar-refractivity contribution in [2.75, 3.05) is 7.11 Å². The van der Waals surface area contributed by atoms with Crippen LogP contribution in [0.5, 0.6) is 11.5 Å². The first-order valence-electron chi connectivity index (χ1n) is 5.04. The third-order valence-corrected chi connectivity index (χ3v) is 2.46. The summed E-state index contributed by atoms with van der Waals surface area (Å²) in [6.07, 6.45) is 2.19. The van der Waals surface area contributed by atoms with Crippen LogP contribution in [0, 0.1) is 0 Å². The minimum Gasteiger partial charge on any atom is -0.506 e. The highest BCUT2D eigenvalue weighted by atomic mass is 16.5. The molecule has 17 heavy (non-hydrogen) atoms. The van der Waals surface area contributed by atoms with Crippen LogP contribution in [0.1, 0.15) is 10.4 Å². The molecule has 4 nitrogen and oxygen atoms in total. The molecule has 1 N–H and O–H groups in total. The van der Waals surface area contributed by atoms with Crippen molar-refractivity contribution in [3.63, 3.8) is 0 Å². The van der Waals surface area contributed by atoms with E-state index < -0.39 is 0 Å². The van der Waals surface area contributed by atoms with E-state index in [1.807, 2.05) is 6.07 Å². The number of hydrogen-bond donors (Lipinski definition) is 1. The van der Waals surface area contributed by atoms with Crippen LogP contribution in [0.25, 0.3) is 11.3 Å². The van der Waals surface area contributed by atoms with E-state index in [0.717, 1.165) is 0 Å². The average molecular weight is 229 g/mol. The topological polar surface area (TPSA) is 59.4 Å². The zero-order chi connectivity index (χ0) is 12.3. The summed E-state index contributed by atoms with van der Waals surface area (Å²) in [6.45, 7) is 0. The molecule has 0 atom stereocenters. The summed E-state index contributed by atoms with van der Waals surface area (Å²) in [5.74, 6) is 0.232. The van der Waals surface area contributed by atoms with Crippen LogP contribution >= 0.6 is 0 Å². The summed E-state index contributed by atoms with van der Waals surface area (Å²) in [6, 6.07) is 8.66. The van der Waals surface area contributed by atoms with Gasteiger partial charge in [-0.15, -0.1) is 0 Å². The standard InChI is InChI=1S/C13H11NO3/c1-17-12-6-5-9(13(16)10(12)8-15)11-4-2-3-7-14-11/h2-8,16H,1H3. The van der Waals surface area contributed by atoms with Gasteiger partial charge in [0, 0.05) is 11.8 Å². The largest absolute Gasteiger partial charge is 0.506 e. The predicted octanol–water partition coefficient (Wildman–Crippen LogP) is 2.28. The highest BCUT2D eigenvalue weighted by Crippen LogP contribution is 2.35. The summed E-state index contributed by atoms with van der Waals surface area (Å²) in [5.41, 5.74) is 1.25. The molecule has 0 amide bonds. The van der Waals surface area contributed by atoms with Crippen molar-refractivity contribution in [2.45, 2.75) is 0 Å². The molecular weight excluding hydrogens is 218 g/mol. The molecule has 1 aromatic heterocycles. The Bertz CT molecular complexity index is 538. The number of methoxy groups -OCH3 is 1. The van der Waals surface area contributed by atoms with Gasteiger partial charge >= 0.3 is 0 Å². The fraction of sp³-hybridized carbons (Fsp3) is 0.0769. The molecule has 0 unspecified atom stereocenters. The first-order valence-corrected chi connectivity index (χ1v) is 5.04. The van der Waals surface area contributed by atoms with Crippen LogP contribution in [0.15, 0.2) is 36.5 Å². The molecule has 0 aliphatic rings. The first kappa shape index (κ1) is 11.1. The Hall–Kier alpha value is -2.36. The number of hydrogen-bond acceptors (Lipinski definition) is 4. The maximum atomic E-state index is 10.9. The van der Waals surface area contributed by atoms with Gasteiger partial charge in [-0.1, -0.05) is 6.07 Å². The second-order valence-corrected chi connectivity index (χ2v) is 3.41. The minimum absolute atomic E-state index is 0.113. The van der Waals surface area contributed by atoms with E-state index in [4.69, 9.17) is 4.74 Å². The number of aldehydes is 1. The highest BCUT2D eigenvalue weighted by Gasteiger charge is 2.14. The maximum absolute atomic E-state index is 10.9. The van der Waals surface area contributed by atoms with Crippen molar-refractivity contribution >= 4 is 6.29 Å². The van der Waals surface area contributed by atoms with E-state index in [9.17, 15) is 9.90 Å². The number of carbonyl (C=O) groups excluding carboxylic acids is 1. The lowest BCUT2D eigenvalue weighted by Crippen LogP contribution is -1.93. The van der Waals surface area contributed by atoms with E-state index in [-0.39, 0.29) is 11.3 Å². The van der Waals surface area contributed by atoms with Gasteiger partial charge in [0.2, 0.25) is 0 Å². The normalized spacial score (nSPS) is 9.94. The maximum Gasteiger partial charge on any atom is 0.157 e. The van der Waals surface area contributed by atoms with Crippen molar-refractivity contribution in [3.05, 3.63) is 42.1 Å². The molecule has 0 bridgehead atoms. The lowest BCUT2D eigenvalue weighted by atomic mass is 10.1. The quantitative estimate of drug-likeness (QED) is 0.820. The summed E-state index contributed by atoms with van der Waals surface area (Å²) >= 11 is 0. The number of aromatic hydroxyl groups is 1. The molecule has 4 heteroatoms. The average Bonchev–Trinajstić information content (AvgIpc) is 2.39. The number of aromatic nitrogens is 1. The summed E-state index contributed by atoms with van der Waals surface area (Å²) in [7, 11) is 1.45. The number of ether oxygens (including phenoxy) is 1. The van der Waals surface area contributed by atoms with E-state index >= 15 is 0 Å². The number of carbonyl (C=O) groups is 1. The van der Waals surface area contributed by atoms with Crippen molar-refractivity contribution in [3.8, 4) is 22.8 Å². The molecule has 0 saturated carbocycles. The molecule has 0 radical (unpaired) electrons. The Kier molecular flexibility index (Phi) is 3.05. The van der Waals surface area contributed by atoms with Crippen LogP contribution in [-0.4, -0.2) is 23.5 Å². The lowest BCUT2D eigenvalue weighted by molar-refractivity contribution is 0.111. The van der Waals surface area contributed by atoms with Gasteiger partial charge in [0.1, 0.15) is 11.5 Å². The molecular formula is C13H11NO3. The number of rotatable bonds is 3. The molecule has 1 heterocycles. The van der Waals surface area contributed by atoms with Gasteiger partial charge in [-0.05, 0) is 24.3 Å². The summed E-state index contributed by atoms with van der Waals surface area (Å²) in [4.78, 5) is 15.1. The van der Waals surface area contributed by atoms with Crippen LogP contribution in [-0.2, 0) is 0 Å². The number of phenols is 1. The van der Waals surface area contributed by atoms with E-state index in [0.29, 0.717) is 23.3 Å². The molecule has 2 aromatic rings. The van der Waals surface area contributed by atoms with Crippen molar-refractivity contribution in [1.29, 1.82) is 0 Å². The van der Waals surface area contributed by atoms with Crippen molar-refractivity contribution in [1.82, 2.24) is 4.98 Å². The summed E-state index contributed by atoms with van der Waals surface area (Å²) in [5, 5.41) is 10.0. The Morgan fingerprint density at radius 3 is 2.71 bits per heavy atom. The van der Waals surface area contributed by atoms with Crippen molar-refractivity contribution < 1.29 is 14.6 Å². The van der Waals surface area contributed by atoms with Gasteiger partial charge in [0.25, 0.3) is 0 Å². The Morgan fingerprint density at radius 2 is 2.12 bits per heavy atom. The highest BCUT2D eigenvalue weighted by molar-refractivity contribution is 5.88. The number of pyridine rings is 1. The molecule has 0 aliphatic carbocycles. The predicted molar refractivity (Wildman–Crippen MR) is 63.3 cm³/mol. The molecule has 2 rings (SSSR count). The van der Waals surface area contributed by atoms with E-state index in [1.165, 1.54) is 7.11 Å². The second kappa shape index (κ2) is 4.65. The molecule has 86 valence electrons. The number of benzene rings is 1. The molecule has 1 aromatic carbocycles. The monoisotopic (exact) mass is 229 g/mol. The third-order valence-electron chi connectivity index (χ3n) is 2.46. The smallest absolute Gasteiger partial charge is 0.157 e. The zero-order valence-electron chi connectivity index (χ0n) is 9.25. The van der Waals surface area contributed by atoms with Crippen molar-refractivity contribution in [2.24, 2.45) is 0 Å². The van der Waals surface area contributed by atoms with Crippen LogP contribution in [0.2, 0.25) is 0 Å². The van der Waals surface area contributed by atoms with Gasteiger partial charge in [-0.3, -0.25) is 9.78 Å². The molecule has 0 aliphatic heterocycles. The zero-order valence-corrected chi connectivity index (χ0v) is 9.25. The number of nitrogens with zero attached hydrogens (tertiary/aromatic N) is 1. The Balaban J connectivity index is 2.61. The molecule has 0 fully saturated rings. The number of phenolic OH excluding ortho intramolecular Hbond substituents is 1. The van der Waals surface area contributed by atoms with Crippen LogP contribution < -0.4 is 4.74 Å². The van der Waals surface area contributed by atoms with Gasteiger partial charge in [-0.2, -0.15) is 0 Å². The van der Waals surface area contributed by atoms with Crippen LogP contribution in [0.4, 0.5) is 0 Å². The fourth-order valence-electron chi connectivity index (χ4n) is 1.61. The SMILES string of the molecule is COc1ccc(-c2ccccn2)c(O)c1C=O. The fourth-order valence-corrected chi connectivity index (χ4v) is 1.61. The van der Waals surface area contributed by atoms with Gasteiger partial charge in [0.15, 0.2) is 6.29 Å². The molecule has 0 saturated heterocycles. The lowest BCUT2D eigenvalue weighted by Gasteiger charge is -2.09. The van der Waals surface area contributed by atoms with Crippen LogP contribution in [0.3, 0.4) is 0 Å². The second-order valence-electron chi connectivity index (χ2n) is 3.41. The Morgan fingerprint density at radius 1 is 1.29 bits per heavy atom. The summed E-state index contributed by atoms with van der Waals surface area (Å²) < 4.78 is 5.00. The van der Waals surface area contributed by atoms with Gasteiger partial charge in [-0.25, -0.2) is 0 Å². The Labute approximate surface area is 98.5 Å². The van der Waals surface area contributed by atoms with Gasteiger partial charge in [0.05, 0.1) is 18.4 Å². The molecule has 0 spiro atoms. The third kappa shape index (κ3) is 1.97. The van der Waals surface area contributed by atoms with E-state index in [1.54, 1.807) is 30.5 Å². The van der Waals surface area contributed by atoms with E-state index in [2.05, 4.69) is 4.98 Å². The first-order chi connectivity index (χ1) is 8.27.